The third kappa shape index (κ3) is 3.97. The fraction of sp³-hybridized carbons (Fsp3) is 1.00. The summed E-state index contributed by atoms with van der Waals surface area (Å²) in [5, 5.41) is 0. The van der Waals surface area contributed by atoms with Crippen molar-refractivity contribution in [1.29, 1.82) is 0 Å². The summed E-state index contributed by atoms with van der Waals surface area (Å²) in [5.41, 5.74) is 1.04. The molecule has 0 N–H and O–H groups in total. The van der Waals surface area contributed by atoms with E-state index in [1.54, 1.807) is 0 Å². The third-order valence-electron chi connectivity index (χ3n) is 5.77. The molecular formula is C18H35N. The Labute approximate surface area is 121 Å². The van der Waals surface area contributed by atoms with Crippen LogP contribution in [0.15, 0.2) is 0 Å². The smallest absolute Gasteiger partial charge is 0.00272 e. The van der Waals surface area contributed by atoms with Gasteiger partial charge in [-0.3, -0.25) is 0 Å². The Morgan fingerprint density at radius 3 is 1.63 bits per heavy atom. The Hall–Kier alpha value is -0.0400. The van der Waals surface area contributed by atoms with E-state index in [-0.39, 0.29) is 0 Å². The van der Waals surface area contributed by atoms with Gasteiger partial charge in [-0.25, -0.2) is 0 Å². The molecule has 2 rings (SSSR count). The van der Waals surface area contributed by atoms with Gasteiger partial charge in [-0.15, -0.1) is 0 Å². The molecule has 0 spiro atoms. The maximum absolute atomic E-state index is 2.71. The molecule has 0 unspecified atom stereocenters. The number of likely N-dealkylation sites (tertiary alicyclic amines) is 1. The van der Waals surface area contributed by atoms with Crippen molar-refractivity contribution in [3.05, 3.63) is 0 Å². The molecule has 1 aliphatic heterocycles. The van der Waals surface area contributed by atoms with Crippen molar-refractivity contribution < 1.29 is 0 Å². The number of nitrogens with zero attached hydrogens (tertiary/aromatic N) is 1. The molecule has 1 nitrogen and oxygen atoms in total. The van der Waals surface area contributed by atoms with Crippen LogP contribution < -0.4 is 0 Å². The van der Waals surface area contributed by atoms with Crippen molar-refractivity contribution in [2.24, 2.45) is 28.6 Å². The summed E-state index contributed by atoms with van der Waals surface area (Å²) < 4.78 is 0. The minimum absolute atomic E-state index is 0.514. The van der Waals surface area contributed by atoms with Gasteiger partial charge in [-0.1, -0.05) is 41.5 Å². The summed E-state index contributed by atoms with van der Waals surface area (Å²) in [6.45, 7) is 18.5. The molecule has 0 atom stereocenters. The van der Waals surface area contributed by atoms with Gasteiger partial charge in [0.05, 0.1) is 0 Å². The molecule has 1 heterocycles. The highest BCUT2D eigenvalue weighted by molar-refractivity contribution is 4.90. The van der Waals surface area contributed by atoms with Crippen LogP contribution in [0, 0.1) is 28.6 Å². The summed E-state index contributed by atoms with van der Waals surface area (Å²) >= 11 is 0. The van der Waals surface area contributed by atoms with Crippen LogP contribution in [-0.2, 0) is 0 Å². The van der Waals surface area contributed by atoms with Crippen molar-refractivity contribution in [1.82, 2.24) is 4.90 Å². The van der Waals surface area contributed by atoms with E-state index in [1.165, 1.54) is 45.3 Å². The Kier molecular flexibility index (Phi) is 4.35. The first-order valence-electron chi connectivity index (χ1n) is 8.38. The third-order valence-corrected chi connectivity index (χ3v) is 5.77. The highest BCUT2D eigenvalue weighted by atomic mass is 15.2. The normalized spacial score (nSPS) is 31.3. The first-order valence-corrected chi connectivity index (χ1v) is 8.38. The van der Waals surface area contributed by atoms with E-state index in [9.17, 15) is 0 Å². The largest absolute Gasteiger partial charge is 0.302 e. The van der Waals surface area contributed by atoms with Crippen molar-refractivity contribution in [2.75, 3.05) is 19.6 Å². The fourth-order valence-electron chi connectivity index (χ4n) is 3.84. The Balaban J connectivity index is 1.68. The van der Waals surface area contributed by atoms with E-state index in [0.717, 1.165) is 17.8 Å². The second-order valence-corrected chi connectivity index (χ2v) is 9.37. The standard InChI is InChI=1S/C18H35N/c1-17(2,3)15-9-7-14(8-10-15)11-19-12-16(13-19)18(4,5)6/h14-16H,7-13H2,1-6H3. The Morgan fingerprint density at radius 1 is 0.737 bits per heavy atom. The second kappa shape index (κ2) is 5.39. The highest BCUT2D eigenvalue weighted by Crippen LogP contribution is 2.41. The first-order chi connectivity index (χ1) is 8.66. The summed E-state index contributed by atoms with van der Waals surface area (Å²) in [6, 6.07) is 0. The molecule has 1 heteroatoms. The zero-order chi connectivity index (χ0) is 14.3. The topological polar surface area (TPSA) is 3.24 Å². The first kappa shape index (κ1) is 15.4. The predicted molar refractivity (Wildman–Crippen MR) is 84.3 cm³/mol. The van der Waals surface area contributed by atoms with Crippen molar-refractivity contribution in [3.8, 4) is 0 Å². The number of hydrogen-bond donors (Lipinski definition) is 0. The molecule has 0 aromatic rings. The van der Waals surface area contributed by atoms with Gasteiger partial charge in [0.25, 0.3) is 0 Å². The van der Waals surface area contributed by atoms with E-state index < -0.39 is 0 Å². The van der Waals surface area contributed by atoms with Crippen molar-refractivity contribution >= 4 is 0 Å². The molecule has 0 amide bonds. The molecule has 1 saturated carbocycles. The van der Waals surface area contributed by atoms with Crippen LogP contribution in [0.3, 0.4) is 0 Å². The zero-order valence-corrected chi connectivity index (χ0v) is 14.1. The van der Waals surface area contributed by atoms with Gasteiger partial charge in [-0.2, -0.15) is 0 Å². The number of hydrogen-bond acceptors (Lipinski definition) is 1. The molecule has 112 valence electrons. The zero-order valence-electron chi connectivity index (χ0n) is 14.1. The van der Waals surface area contributed by atoms with Crippen LogP contribution in [0.25, 0.3) is 0 Å². The molecule has 1 aliphatic carbocycles. The molecule has 1 saturated heterocycles. The van der Waals surface area contributed by atoms with Crippen LogP contribution >= 0.6 is 0 Å². The lowest BCUT2D eigenvalue weighted by atomic mass is 9.69. The van der Waals surface area contributed by atoms with E-state index in [0.29, 0.717) is 10.8 Å². The van der Waals surface area contributed by atoms with Gasteiger partial charge < -0.3 is 4.90 Å². The lowest BCUT2D eigenvalue weighted by Gasteiger charge is -2.48. The van der Waals surface area contributed by atoms with Crippen LogP contribution in [0.2, 0.25) is 0 Å². The molecule has 19 heavy (non-hydrogen) atoms. The van der Waals surface area contributed by atoms with Crippen LogP contribution in [-0.4, -0.2) is 24.5 Å². The van der Waals surface area contributed by atoms with Crippen LogP contribution in [0.4, 0.5) is 0 Å². The summed E-state index contributed by atoms with van der Waals surface area (Å²) in [5.74, 6) is 2.88. The average Bonchev–Trinajstić information content (AvgIpc) is 2.20. The lowest BCUT2D eigenvalue weighted by molar-refractivity contribution is 0.00514. The molecular weight excluding hydrogens is 230 g/mol. The second-order valence-electron chi connectivity index (χ2n) is 9.37. The fourth-order valence-corrected chi connectivity index (χ4v) is 3.84. The van der Waals surface area contributed by atoms with E-state index in [1.807, 2.05) is 0 Å². The Bertz CT molecular complexity index is 280. The van der Waals surface area contributed by atoms with Gasteiger partial charge in [0.2, 0.25) is 0 Å². The molecule has 0 aromatic heterocycles. The van der Waals surface area contributed by atoms with Crippen molar-refractivity contribution in [2.45, 2.75) is 67.2 Å². The van der Waals surface area contributed by atoms with Gasteiger partial charge in [0.1, 0.15) is 0 Å². The van der Waals surface area contributed by atoms with Crippen LogP contribution in [0.1, 0.15) is 67.2 Å². The minimum Gasteiger partial charge on any atom is -0.302 e. The Morgan fingerprint density at radius 2 is 1.21 bits per heavy atom. The molecule has 2 fully saturated rings. The monoisotopic (exact) mass is 265 g/mol. The van der Waals surface area contributed by atoms with E-state index >= 15 is 0 Å². The maximum Gasteiger partial charge on any atom is 0.00272 e. The van der Waals surface area contributed by atoms with Crippen molar-refractivity contribution in [3.63, 3.8) is 0 Å². The van der Waals surface area contributed by atoms with E-state index in [4.69, 9.17) is 0 Å². The van der Waals surface area contributed by atoms with Crippen LogP contribution in [0.5, 0.6) is 0 Å². The number of rotatable bonds is 2. The predicted octanol–water partition coefficient (Wildman–Crippen LogP) is 4.82. The molecule has 0 bridgehead atoms. The summed E-state index contributed by atoms with van der Waals surface area (Å²) in [6.07, 6.45) is 5.87. The SMILES string of the molecule is CC(C)(C)C1CCC(CN2CC(C(C)(C)C)C2)CC1. The maximum atomic E-state index is 2.71. The highest BCUT2D eigenvalue weighted by Gasteiger charge is 2.37. The van der Waals surface area contributed by atoms with Gasteiger partial charge >= 0.3 is 0 Å². The summed E-state index contributed by atoms with van der Waals surface area (Å²) in [4.78, 5) is 2.71. The average molecular weight is 265 g/mol. The molecule has 0 radical (unpaired) electrons. The molecule has 2 aliphatic rings. The van der Waals surface area contributed by atoms with Gasteiger partial charge in [0.15, 0.2) is 0 Å². The quantitative estimate of drug-likeness (QED) is 0.692. The summed E-state index contributed by atoms with van der Waals surface area (Å²) in [7, 11) is 0. The van der Waals surface area contributed by atoms with Gasteiger partial charge in [-0.05, 0) is 54.3 Å². The lowest BCUT2D eigenvalue weighted by Crippen LogP contribution is -2.53. The van der Waals surface area contributed by atoms with E-state index in [2.05, 4.69) is 46.4 Å². The molecule has 0 aromatic carbocycles. The van der Waals surface area contributed by atoms with Gasteiger partial charge in [0, 0.05) is 19.6 Å². The minimum atomic E-state index is 0.514.